The van der Waals surface area contributed by atoms with Crippen LogP contribution < -0.4 is 0 Å². The molecule has 1 heterocycles. The quantitative estimate of drug-likeness (QED) is 0.503. The molecule has 112 valence electrons. The van der Waals surface area contributed by atoms with Crippen LogP contribution in [0.25, 0.3) is 21.0 Å². The fourth-order valence-electron chi connectivity index (χ4n) is 1.92. The number of aromatic nitrogens is 1. The zero-order valence-electron chi connectivity index (χ0n) is 11.0. The fourth-order valence-corrected chi connectivity index (χ4v) is 3.52. The van der Waals surface area contributed by atoms with Crippen molar-refractivity contribution in [3.05, 3.63) is 41.0 Å². The van der Waals surface area contributed by atoms with Crippen LogP contribution in [0.2, 0.25) is 0 Å². The summed E-state index contributed by atoms with van der Waals surface area (Å²) in [4.78, 5) is 5.09. The zero-order valence-corrected chi connectivity index (χ0v) is 13.4. The first-order chi connectivity index (χ1) is 10.5. The molecule has 3 rings (SSSR count). The van der Waals surface area contributed by atoms with E-state index >= 15 is 0 Å². The lowest BCUT2D eigenvalue weighted by Crippen LogP contribution is -1.79. The maximum Gasteiger partial charge on any atom is 0.158 e. The van der Waals surface area contributed by atoms with Gasteiger partial charge in [-0.2, -0.15) is 0 Å². The molecule has 0 aliphatic rings. The standard InChI is InChI=1S/C15H10BrNO4S/c16-9-5-13(21)12(20)4-8(9)15-17-6-14(22-15)7-1-2-10(18)11(19)3-7/h1-6,18-21H. The molecule has 3 aromatic rings. The Morgan fingerprint density at radius 1 is 0.864 bits per heavy atom. The number of aromatic hydroxyl groups is 4. The van der Waals surface area contributed by atoms with Gasteiger partial charge < -0.3 is 20.4 Å². The summed E-state index contributed by atoms with van der Waals surface area (Å²) in [6.07, 6.45) is 1.64. The second-order valence-electron chi connectivity index (χ2n) is 4.55. The highest BCUT2D eigenvalue weighted by molar-refractivity contribution is 9.10. The van der Waals surface area contributed by atoms with E-state index in [0.29, 0.717) is 15.0 Å². The van der Waals surface area contributed by atoms with Crippen molar-refractivity contribution >= 4 is 27.3 Å². The van der Waals surface area contributed by atoms with Gasteiger partial charge in [-0.15, -0.1) is 11.3 Å². The molecule has 0 saturated carbocycles. The zero-order chi connectivity index (χ0) is 15.9. The Morgan fingerprint density at radius 3 is 2.27 bits per heavy atom. The molecular formula is C15H10BrNO4S. The third-order valence-electron chi connectivity index (χ3n) is 3.06. The Balaban J connectivity index is 2.04. The summed E-state index contributed by atoms with van der Waals surface area (Å²) in [5.74, 6) is -0.816. The lowest BCUT2D eigenvalue weighted by molar-refractivity contribution is 0.403. The van der Waals surface area contributed by atoms with Gasteiger partial charge in [0.1, 0.15) is 5.01 Å². The van der Waals surface area contributed by atoms with Gasteiger partial charge in [0.2, 0.25) is 0 Å². The lowest BCUT2D eigenvalue weighted by Gasteiger charge is -2.04. The number of phenols is 4. The molecule has 0 spiro atoms. The molecule has 2 aromatic carbocycles. The van der Waals surface area contributed by atoms with Crippen molar-refractivity contribution in [3.8, 4) is 44.0 Å². The maximum absolute atomic E-state index is 9.62. The highest BCUT2D eigenvalue weighted by atomic mass is 79.9. The minimum atomic E-state index is -0.225. The van der Waals surface area contributed by atoms with E-state index in [9.17, 15) is 20.4 Å². The van der Waals surface area contributed by atoms with Gasteiger partial charge in [0.15, 0.2) is 23.0 Å². The van der Waals surface area contributed by atoms with Gasteiger partial charge >= 0.3 is 0 Å². The first-order valence-electron chi connectivity index (χ1n) is 6.15. The van der Waals surface area contributed by atoms with Crippen molar-refractivity contribution in [2.45, 2.75) is 0 Å². The second kappa shape index (κ2) is 5.51. The van der Waals surface area contributed by atoms with E-state index in [1.807, 2.05) is 0 Å². The number of rotatable bonds is 2. The van der Waals surface area contributed by atoms with E-state index in [4.69, 9.17) is 0 Å². The smallest absolute Gasteiger partial charge is 0.158 e. The van der Waals surface area contributed by atoms with E-state index in [0.717, 1.165) is 10.4 Å². The Morgan fingerprint density at radius 2 is 1.55 bits per heavy atom. The van der Waals surface area contributed by atoms with Gasteiger partial charge in [-0.25, -0.2) is 4.98 Å². The van der Waals surface area contributed by atoms with Crippen LogP contribution in [0.15, 0.2) is 41.0 Å². The molecule has 0 amide bonds. The molecule has 0 fully saturated rings. The lowest BCUT2D eigenvalue weighted by atomic mass is 10.2. The number of hydrogen-bond acceptors (Lipinski definition) is 6. The summed E-state index contributed by atoms with van der Waals surface area (Å²) in [6.45, 7) is 0. The third-order valence-corrected chi connectivity index (χ3v) is 4.80. The van der Waals surface area contributed by atoms with Gasteiger partial charge in [-0.3, -0.25) is 0 Å². The molecule has 0 radical (unpaired) electrons. The average molecular weight is 380 g/mol. The van der Waals surface area contributed by atoms with Crippen LogP contribution in [-0.2, 0) is 0 Å². The topological polar surface area (TPSA) is 93.8 Å². The molecule has 0 aliphatic heterocycles. The predicted molar refractivity (Wildman–Crippen MR) is 87.3 cm³/mol. The number of nitrogens with zero attached hydrogens (tertiary/aromatic N) is 1. The van der Waals surface area contributed by atoms with Crippen molar-refractivity contribution in [2.24, 2.45) is 0 Å². The number of halogens is 1. The summed E-state index contributed by atoms with van der Waals surface area (Å²) in [5, 5.41) is 38.6. The van der Waals surface area contributed by atoms with Crippen molar-refractivity contribution in [1.29, 1.82) is 0 Å². The molecule has 5 nitrogen and oxygen atoms in total. The Labute approximate surface area is 137 Å². The predicted octanol–water partition coefficient (Wildman–Crippen LogP) is 4.06. The van der Waals surface area contributed by atoms with Crippen LogP contribution >= 0.6 is 27.3 Å². The van der Waals surface area contributed by atoms with Crippen molar-refractivity contribution in [3.63, 3.8) is 0 Å². The highest BCUT2D eigenvalue weighted by Crippen LogP contribution is 2.41. The number of thiazole rings is 1. The third kappa shape index (κ3) is 2.60. The Hall–Kier alpha value is -2.25. The number of phenolic OH excluding ortho intramolecular Hbond substituents is 4. The van der Waals surface area contributed by atoms with E-state index in [2.05, 4.69) is 20.9 Å². The minimum Gasteiger partial charge on any atom is -0.504 e. The molecule has 4 N–H and O–H groups in total. The average Bonchev–Trinajstić information content (AvgIpc) is 2.95. The van der Waals surface area contributed by atoms with Crippen LogP contribution in [0.4, 0.5) is 0 Å². The highest BCUT2D eigenvalue weighted by Gasteiger charge is 2.13. The molecule has 0 atom stereocenters. The summed E-state index contributed by atoms with van der Waals surface area (Å²) in [5.41, 5.74) is 1.37. The van der Waals surface area contributed by atoms with Crippen LogP contribution in [0.5, 0.6) is 23.0 Å². The second-order valence-corrected chi connectivity index (χ2v) is 6.44. The number of benzene rings is 2. The molecule has 7 heteroatoms. The first kappa shape index (κ1) is 14.7. The Bertz CT molecular complexity index is 863. The summed E-state index contributed by atoms with van der Waals surface area (Å²) in [6, 6.07) is 7.37. The largest absolute Gasteiger partial charge is 0.504 e. The van der Waals surface area contributed by atoms with Crippen LogP contribution in [0.1, 0.15) is 0 Å². The summed E-state index contributed by atoms with van der Waals surface area (Å²) < 4.78 is 0.609. The summed E-state index contributed by atoms with van der Waals surface area (Å²) >= 11 is 4.68. The van der Waals surface area contributed by atoms with Gasteiger partial charge in [0, 0.05) is 16.2 Å². The minimum absolute atomic E-state index is 0.181. The van der Waals surface area contributed by atoms with Gasteiger partial charge in [0.05, 0.1) is 4.88 Å². The first-order valence-corrected chi connectivity index (χ1v) is 7.76. The van der Waals surface area contributed by atoms with Crippen LogP contribution in [-0.4, -0.2) is 25.4 Å². The van der Waals surface area contributed by atoms with Crippen molar-refractivity contribution < 1.29 is 20.4 Å². The van der Waals surface area contributed by atoms with E-state index in [1.165, 1.54) is 35.6 Å². The molecule has 0 saturated heterocycles. The molecular weight excluding hydrogens is 370 g/mol. The van der Waals surface area contributed by atoms with Crippen LogP contribution in [0, 0.1) is 0 Å². The maximum atomic E-state index is 9.62. The summed E-state index contributed by atoms with van der Waals surface area (Å²) in [7, 11) is 0. The van der Waals surface area contributed by atoms with Gasteiger partial charge in [0.25, 0.3) is 0 Å². The van der Waals surface area contributed by atoms with E-state index in [-0.39, 0.29) is 23.0 Å². The molecule has 0 bridgehead atoms. The molecule has 0 unspecified atom stereocenters. The molecule has 1 aromatic heterocycles. The number of hydrogen-bond donors (Lipinski definition) is 4. The normalized spacial score (nSPS) is 10.8. The SMILES string of the molecule is Oc1ccc(-c2cnc(-c3cc(O)c(O)cc3Br)s2)cc1O. The van der Waals surface area contributed by atoms with Crippen molar-refractivity contribution in [1.82, 2.24) is 4.98 Å². The Kier molecular flexibility index (Phi) is 3.67. The van der Waals surface area contributed by atoms with Crippen LogP contribution in [0.3, 0.4) is 0 Å². The van der Waals surface area contributed by atoms with Crippen molar-refractivity contribution in [2.75, 3.05) is 0 Å². The fraction of sp³-hybridized carbons (Fsp3) is 0. The molecule has 0 aliphatic carbocycles. The van der Waals surface area contributed by atoms with E-state index < -0.39 is 0 Å². The molecule has 22 heavy (non-hydrogen) atoms. The van der Waals surface area contributed by atoms with Gasteiger partial charge in [-0.05, 0) is 51.8 Å². The monoisotopic (exact) mass is 379 g/mol. The van der Waals surface area contributed by atoms with E-state index in [1.54, 1.807) is 12.3 Å². The van der Waals surface area contributed by atoms with Gasteiger partial charge in [-0.1, -0.05) is 0 Å².